The molecule has 6 nitrogen and oxygen atoms in total. The second-order valence-electron chi connectivity index (χ2n) is 4.03. The van der Waals surface area contributed by atoms with Crippen LogP contribution in [0.5, 0.6) is 5.88 Å². The van der Waals surface area contributed by atoms with Crippen LogP contribution >= 0.6 is 22.9 Å². The minimum absolute atomic E-state index is 0.0627. The third-order valence-corrected chi connectivity index (χ3v) is 3.87. The molecule has 0 unspecified atom stereocenters. The molecule has 2 heterocycles. The van der Waals surface area contributed by atoms with Gasteiger partial charge in [0.2, 0.25) is 5.88 Å². The van der Waals surface area contributed by atoms with Crippen LogP contribution in [-0.4, -0.2) is 22.1 Å². The molecule has 0 bridgehead atoms. The number of fused-ring (bicyclic) bond motifs is 2. The number of thiazole rings is 1. The molecule has 108 valence electrons. The van der Waals surface area contributed by atoms with Gasteiger partial charge in [0.05, 0.1) is 27.9 Å². The average molecular weight is 325 g/mol. The van der Waals surface area contributed by atoms with Crippen LogP contribution in [-0.2, 0) is 4.74 Å². The van der Waals surface area contributed by atoms with Gasteiger partial charge in [0.1, 0.15) is 0 Å². The Balaban J connectivity index is 2.23. The van der Waals surface area contributed by atoms with Gasteiger partial charge in [-0.1, -0.05) is 17.7 Å². The highest BCUT2D eigenvalue weighted by Crippen LogP contribution is 2.24. The Morgan fingerprint density at radius 2 is 2.29 bits per heavy atom. The van der Waals surface area contributed by atoms with Crippen molar-refractivity contribution in [2.24, 2.45) is 0 Å². The summed E-state index contributed by atoms with van der Waals surface area (Å²) in [6.45, 7) is 1.84. The summed E-state index contributed by atoms with van der Waals surface area (Å²) in [5.74, 6) is 0.0627. The van der Waals surface area contributed by atoms with E-state index in [0.717, 1.165) is 0 Å². The first-order valence-electron chi connectivity index (χ1n) is 6.05. The molecule has 21 heavy (non-hydrogen) atoms. The number of benzene rings is 1. The molecular weight excluding hydrogens is 316 g/mol. The average Bonchev–Trinajstić information content (AvgIpc) is 2.82. The monoisotopic (exact) mass is 324 g/mol. The van der Waals surface area contributed by atoms with Crippen molar-refractivity contribution in [3.05, 3.63) is 39.0 Å². The van der Waals surface area contributed by atoms with Crippen molar-refractivity contribution < 1.29 is 14.3 Å². The maximum atomic E-state index is 12.5. The number of aromatic nitrogens is 2. The van der Waals surface area contributed by atoms with E-state index in [2.05, 4.69) is 4.98 Å². The van der Waals surface area contributed by atoms with Gasteiger partial charge in [-0.15, -0.1) is 11.3 Å². The van der Waals surface area contributed by atoms with Gasteiger partial charge in [0.15, 0.2) is 4.96 Å². The van der Waals surface area contributed by atoms with E-state index < -0.39 is 6.16 Å². The van der Waals surface area contributed by atoms with Crippen LogP contribution in [0.3, 0.4) is 0 Å². The summed E-state index contributed by atoms with van der Waals surface area (Å²) in [7, 11) is 0. The number of halogens is 1. The Morgan fingerprint density at radius 1 is 1.48 bits per heavy atom. The molecule has 0 saturated carbocycles. The summed E-state index contributed by atoms with van der Waals surface area (Å²) in [6, 6.07) is 5.03. The maximum absolute atomic E-state index is 12.5. The number of carbonyl (C=O) groups excluding carboxylic acids is 1. The summed E-state index contributed by atoms with van der Waals surface area (Å²) < 4.78 is 10.9. The molecule has 0 fully saturated rings. The number of ether oxygens (including phenoxy) is 2. The smallest absolute Gasteiger partial charge is 0.434 e. The molecule has 0 aliphatic rings. The number of hydrogen-bond acceptors (Lipinski definition) is 6. The normalized spacial score (nSPS) is 11.0. The van der Waals surface area contributed by atoms with Gasteiger partial charge in [-0.25, -0.2) is 14.2 Å². The predicted molar refractivity (Wildman–Crippen MR) is 79.5 cm³/mol. The molecule has 3 aromatic rings. The molecule has 0 atom stereocenters. The summed E-state index contributed by atoms with van der Waals surface area (Å²) in [5.41, 5.74) is 0.109. The lowest BCUT2D eigenvalue weighted by Gasteiger charge is -2.04. The summed E-state index contributed by atoms with van der Waals surface area (Å²) in [5, 5.41) is 2.10. The number of rotatable bonds is 2. The van der Waals surface area contributed by atoms with E-state index in [9.17, 15) is 9.59 Å². The number of nitrogens with zero attached hydrogens (tertiary/aromatic N) is 2. The zero-order valence-corrected chi connectivity index (χ0v) is 12.4. The van der Waals surface area contributed by atoms with E-state index in [1.165, 1.54) is 21.1 Å². The maximum Gasteiger partial charge on any atom is 0.515 e. The third-order valence-electron chi connectivity index (χ3n) is 2.75. The molecule has 1 aromatic carbocycles. The fourth-order valence-electron chi connectivity index (χ4n) is 1.90. The number of carbonyl (C=O) groups is 1. The minimum Gasteiger partial charge on any atom is -0.434 e. The molecular formula is C13H9ClN2O4S. The van der Waals surface area contributed by atoms with Crippen LogP contribution in [0, 0.1) is 0 Å². The van der Waals surface area contributed by atoms with Crippen LogP contribution < -0.4 is 10.3 Å². The lowest BCUT2D eigenvalue weighted by Crippen LogP contribution is -2.18. The van der Waals surface area contributed by atoms with Gasteiger partial charge < -0.3 is 9.47 Å². The second kappa shape index (κ2) is 5.34. The van der Waals surface area contributed by atoms with Crippen LogP contribution in [0.2, 0.25) is 5.02 Å². The van der Waals surface area contributed by atoms with E-state index in [4.69, 9.17) is 21.1 Å². The predicted octanol–water partition coefficient (Wildman–Crippen LogP) is 3.10. The Bertz CT molecular complexity index is 902. The fourth-order valence-corrected chi connectivity index (χ4v) is 2.94. The first-order chi connectivity index (χ1) is 10.1. The molecule has 8 heteroatoms. The fraction of sp³-hybridized carbons (Fsp3) is 0.154. The molecule has 0 radical (unpaired) electrons. The van der Waals surface area contributed by atoms with Gasteiger partial charge in [-0.3, -0.25) is 4.79 Å². The largest absolute Gasteiger partial charge is 0.515 e. The van der Waals surface area contributed by atoms with Crippen molar-refractivity contribution in [2.45, 2.75) is 6.92 Å². The third kappa shape index (κ3) is 2.34. The molecule has 0 amide bonds. The van der Waals surface area contributed by atoms with Gasteiger partial charge in [0.25, 0.3) is 5.56 Å². The molecule has 0 spiro atoms. The summed E-state index contributed by atoms with van der Waals surface area (Å²) >= 11 is 7.24. The van der Waals surface area contributed by atoms with Crippen LogP contribution in [0.15, 0.2) is 28.4 Å². The molecule has 0 N–H and O–H groups in total. The van der Waals surface area contributed by atoms with Crippen LogP contribution in [0.1, 0.15) is 6.92 Å². The van der Waals surface area contributed by atoms with Crippen molar-refractivity contribution in [3.63, 3.8) is 0 Å². The van der Waals surface area contributed by atoms with Gasteiger partial charge in [-0.05, 0) is 19.1 Å². The molecule has 2 aromatic heterocycles. The van der Waals surface area contributed by atoms with E-state index in [1.54, 1.807) is 25.1 Å². The summed E-state index contributed by atoms with van der Waals surface area (Å²) in [4.78, 5) is 28.7. The first-order valence-corrected chi connectivity index (χ1v) is 7.30. The Kier molecular flexibility index (Phi) is 3.52. The lowest BCUT2D eigenvalue weighted by atomic mass is 10.2. The second-order valence-corrected chi connectivity index (χ2v) is 5.27. The standard InChI is InChI=1S/C13H9ClN2O4S/c1-2-19-13(18)20-9-6-21-12-15-8-5-3-4-7(14)10(8)11(17)16(9)12/h3-6H,2H2,1H3. The molecule has 3 rings (SSSR count). The number of hydrogen-bond donors (Lipinski definition) is 0. The quantitative estimate of drug-likeness (QED) is 0.677. The SMILES string of the molecule is CCOC(=O)Oc1csc2nc3cccc(Cl)c3c(=O)n12. The first kappa shape index (κ1) is 13.8. The Morgan fingerprint density at radius 3 is 3.05 bits per heavy atom. The zero-order valence-electron chi connectivity index (χ0n) is 10.8. The minimum atomic E-state index is -0.872. The van der Waals surface area contributed by atoms with Gasteiger partial charge >= 0.3 is 6.16 Å². The Hall–Kier alpha value is -2.12. The van der Waals surface area contributed by atoms with Gasteiger partial charge in [0, 0.05) is 0 Å². The van der Waals surface area contributed by atoms with Gasteiger partial charge in [-0.2, -0.15) is 0 Å². The van der Waals surface area contributed by atoms with Crippen LogP contribution in [0.4, 0.5) is 4.79 Å². The highest BCUT2D eigenvalue weighted by atomic mass is 35.5. The van der Waals surface area contributed by atoms with Crippen molar-refractivity contribution in [2.75, 3.05) is 6.61 Å². The molecule has 0 aliphatic carbocycles. The van der Waals surface area contributed by atoms with Crippen molar-refractivity contribution in [1.82, 2.24) is 9.38 Å². The highest BCUT2D eigenvalue weighted by molar-refractivity contribution is 7.15. The lowest BCUT2D eigenvalue weighted by molar-refractivity contribution is 0.102. The van der Waals surface area contributed by atoms with Crippen LogP contribution in [0.25, 0.3) is 15.9 Å². The summed E-state index contributed by atoms with van der Waals surface area (Å²) in [6.07, 6.45) is -0.872. The van der Waals surface area contributed by atoms with E-state index in [0.29, 0.717) is 15.5 Å². The topological polar surface area (TPSA) is 69.9 Å². The zero-order chi connectivity index (χ0) is 15.0. The van der Waals surface area contributed by atoms with Crippen molar-refractivity contribution >= 4 is 45.0 Å². The highest BCUT2D eigenvalue weighted by Gasteiger charge is 2.16. The van der Waals surface area contributed by atoms with Crippen molar-refractivity contribution in [1.29, 1.82) is 0 Å². The van der Waals surface area contributed by atoms with E-state index >= 15 is 0 Å². The molecule has 0 saturated heterocycles. The van der Waals surface area contributed by atoms with E-state index in [1.807, 2.05) is 0 Å². The van der Waals surface area contributed by atoms with Crippen molar-refractivity contribution in [3.8, 4) is 5.88 Å². The van der Waals surface area contributed by atoms with E-state index in [-0.39, 0.29) is 23.4 Å². The Labute approximate surface area is 127 Å². The molecule has 0 aliphatic heterocycles.